The molecular formula is C18H10O4. The number of furan rings is 1. The van der Waals surface area contributed by atoms with Crippen molar-refractivity contribution in [3.8, 4) is 5.95 Å². The van der Waals surface area contributed by atoms with E-state index in [1.54, 1.807) is 42.5 Å². The third-order valence-electron chi connectivity index (χ3n) is 3.81. The fourth-order valence-electron chi connectivity index (χ4n) is 2.82. The molecule has 3 aromatic rings. The summed E-state index contributed by atoms with van der Waals surface area (Å²) in [5.41, 5.74) is 2.42. The lowest BCUT2D eigenvalue weighted by molar-refractivity contribution is -0.110. The highest BCUT2D eigenvalue weighted by molar-refractivity contribution is 6.51. The number of rotatable bonds is 1. The van der Waals surface area contributed by atoms with E-state index in [-0.39, 0.29) is 5.95 Å². The van der Waals surface area contributed by atoms with Gasteiger partial charge in [0.15, 0.2) is 0 Å². The highest BCUT2D eigenvalue weighted by Crippen LogP contribution is 2.41. The van der Waals surface area contributed by atoms with E-state index in [1.165, 1.54) is 6.08 Å². The van der Waals surface area contributed by atoms with Crippen LogP contribution in [0.4, 0.5) is 0 Å². The quantitative estimate of drug-likeness (QED) is 0.698. The van der Waals surface area contributed by atoms with Crippen molar-refractivity contribution in [2.45, 2.75) is 0 Å². The lowest BCUT2D eigenvalue weighted by atomic mass is 9.85. The number of aromatic hydroxyl groups is 1. The number of hydrogen-bond acceptors (Lipinski definition) is 4. The Morgan fingerprint density at radius 3 is 2.36 bits per heavy atom. The summed E-state index contributed by atoms with van der Waals surface area (Å²) < 4.78 is 5.35. The largest absolute Gasteiger partial charge is 0.480 e. The van der Waals surface area contributed by atoms with Gasteiger partial charge in [-0.05, 0) is 17.7 Å². The summed E-state index contributed by atoms with van der Waals surface area (Å²) in [7, 11) is 0. The van der Waals surface area contributed by atoms with Crippen LogP contribution < -0.4 is 0 Å². The number of Topliss-reactive ketones (excluding diaryl/α,β-unsaturated/α-hetero) is 1. The van der Waals surface area contributed by atoms with E-state index < -0.39 is 11.6 Å². The zero-order valence-electron chi connectivity index (χ0n) is 11.4. The van der Waals surface area contributed by atoms with Gasteiger partial charge in [0, 0.05) is 16.5 Å². The van der Waals surface area contributed by atoms with Crippen LogP contribution in [0, 0.1) is 0 Å². The minimum atomic E-state index is -0.599. The van der Waals surface area contributed by atoms with Gasteiger partial charge in [0.25, 0.3) is 5.95 Å². The van der Waals surface area contributed by atoms with Crippen molar-refractivity contribution in [2.75, 3.05) is 0 Å². The molecule has 1 aromatic heterocycles. The molecule has 0 spiro atoms. The van der Waals surface area contributed by atoms with Crippen molar-refractivity contribution in [2.24, 2.45) is 0 Å². The van der Waals surface area contributed by atoms with Gasteiger partial charge < -0.3 is 9.52 Å². The first-order chi connectivity index (χ1) is 10.7. The van der Waals surface area contributed by atoms with Gasteiger partial charge in [0.05, 0.1) is 5.56 Å². The average Bonchev–Trinajstić information content (AvgIpc) is 2.87. The molecule has 106 valence electrons. The minimum Gasteiger partial charge on any atom is -0.480 e. The van der Waals surface area contributed by atoms with Gasteiger partial charge in [0.2, 0.25) is 11.6 Å². The molecule has 4 heteroatoms. The number of fused-ring (bicyclic) bond motifs is 2. The molecule has 4 rings (SSSR count). The second kappa shape index (κ2) is 4.43. The van der Waals surface area contributed by atoms with Crippen LogP contribution in [0.15, 0.2) is 59.0 Å². The molecule has 0 amide bonds. The van der Waals surface area contributed by atoms with Crippen LogP contribution in [-0.2, 0) is 4.79 Å². The van der Waals surface area contributed by atoms with E-state index in [1.807, 2.05) is 6.07 Å². The first kappa shape index (κ1) is 12.6. The molecule has 0 radical (unpaired) electrons. The Morgan fingerprint density at radius 1 is 0.864 bits per heavy atom. The van der Waals surface area contributed by atoms with Gasteiger partial charge >= 0.3 is 0 Å². The molecule has 0 fully saturated rings. The van der Waals surface area contributed by atoms with Gasteiger partial charge in [0.1, 0.15) is 5.58 Å². The van der Waals surface area contributed by atoms with Gasteiger partial charge in [-0.25, -0.2) is 0 Å². The summed E-state index contributed by atoms with van der Waals surface area (Å²) in [6, 6.07) is 14.0. The monoisotopic (exact) mass is 290 g/mol. The zero-order valence-corrected chi connectivity index (χ0v) is 11.4. The average molecular weight is 290 g/mol. The summed E-state index contributed by atoms with van der Waals surface area (Å²) in [5, 5.41) is 10.9. The van der Waals surface area contributed by atoms with Crippen molar-refractivity contribution in [1.29, 1.82) is 0 Å². The second-order valence-corrected chi connectivity index (χ2v) is 5.08. The van der Waals surface area contributed by atoms with Gasteiger partial charge in [-0.2, -0.15) is 0 Å². The van der Waals surface area contributed by atoms with E-state index >= 15 is 0 Å². The predicted octanol–water partition coefficient (Wildman–Crippen LogP) is 3.34. The molecule has 0 aliphatic heterocycles. The highest BCUT2D eigenvalue weighted by Gasteiger charge is 2.29. The Morgan fingerprint density at radius 2 is 1.55 bits per heavy atom. The lowest BCUT2D eigenvalue weighted by Crippen LogP contribution is -2.18. The van der Waals surface area contributed by atoms with Crippen LogP contribution in [0.1, 0.15) is 21.5 Å². The summed E-state index contributed by atoms with van der Waals surface area (Å²) in [4.78, 5) is 24.0. The molecule has 1 heterocycles. The predicted molar refractivity (Wildman–Crippen MR) is 80.7 cm³/mol. The molecule has 0 unspecified atom stereocenters. The van der Waals surface area contributed by atoms with Crippen molar-refractivity contribution in [3.05, 3.63) is 71.3 Å². The maximum atomic E-state index is 12.0. The molecule has 2 aromatic carbocycles. The molecule has 1 aliphatic rings. The molecule has 4 nitrogen and oxygen atoms in total. The number of ketones is 2. The highest BCUT2D eigenvalue weighted by atomic mass is 16.5. The van der Waals surface area contributed by atoms with E-state index in [9.17, 15) is 14.7 Å². The Hall–Kier alpha value is -3.14. The van der Waals surface area contributed by atoms with Crippen molar-refractivity contribution in [3.63, 3.8) is 0 Å². The van der Waals surface area contributed by atoms with Crippen LogP contribution in [0.25, 0.3) is 16.5 Å². The SMILES string of the molecule is O=C1C=C(c2c(O)oc3ccccc23)c2ccccc2C1=O. The Labute approximate surface area is 125 Å². The van der Waals surface area contributed by atoms with Gasteiger partial charge in [-0.15, -0.1) is 0 Å². The fourth-order valence-corrected chi connectivity index (χ4v) is 2.82. The van der Waals surface area contributed by atoms with Crippen LogP contribution in [0.2, 0.25) is 0 Å². The topological polar surface area (TPSA) is 67.5 Å². The van der Waals surface area contributed by atoms with Crippen molar-refractivity contribution >= 4 is 28.1 Å². The molecule has 1 N–H and O–H groups in total. The first-order valence-corrected chi connectivity index (χ1v) is 6.77. The Bertz CT molecular complexity index is 976. The van der Waals surface area contributed by atoms with Crippen LogP contribution >= 0.6 is 0 Å². The van der Waals surface area contributed by atoms with E-state index in [4.69, 9.17) is 4.42 Å². The van der Waals surface area contributed by atoms with Crippen LogP contribution in [-0.4, -0.2) is 16.7 Å². The lowest BCUT2D eigenvalue weighted by Gasteiger charge is -2.15. The Kier molecular flexibility index (Phi) is 2.53. The van der Waals surface area contributed by atoms with Crippen LogP contribution in [0.5, 0.6) is 5.95 Å². The number of carbonyl (C=O) groups excluding carboxylic acids is 2. The number of allylic oxidation sites excluding steroid dienone is 1. The number of hydrogen-bond donors (Lipinski definition) is 1. The summed E-state index contributed by atoms with van der Waals surface area (Å²) in [5.74, 6) is -1.39. The van der Waals surface area contributed by atoms with Gasteiger partial charge in [-0.3, -0.25) is 9.59 Å². The minimum absolute atomic E-state index is 0.260. The van der Waals surface area contributed by atoms with Crippen molar-refractivity contribution in [1.82, 2.24) is 0 Å². The number of para-hydroxylation sites is 1. The fraction of sp³-hybridized carbons (Fsp3) is 0. The standard InChI is InChI=1S/C18H10O4/c19-14-9-13(10-5-1-2-6-11(10)17(14)20)16-12-7-3-4-8-15(12)22-18(16)21/h1-9,21H. The third kappa shape index (κ3) is 1.64. The van der Waals surface area contributed by atoms with Crippen LogP contribution in [0.3, 0.4) is 0 Å². The molecular weight excluding hydrogens is 280 g/mol. The molecule has 0 bridgehead atoms. The van der Waals surface area contributed by atoms with E-state index in [2.05, 4.69) is 0 Å². The summed E-state index contributed by atoms with van der Waals surface area (Å²) in [6.07, 6.45) is 1.27. The first-order valence-electron chi connectivity index (χ1n) is 6.77. The molecule has 1 aliphatic carbocycles. The number of carbonyl (C=O) groups is 2. The maximum absolute atomic E-state index is 12.0. The summed E-state index contributed by atoms with van der Waals surface area (Å²) >= 11 is 0. The third-order valence-corrected chi connectivity index (χ3v) is 3.81. The zero-order chi connectivity index (χ0) is 15.3. The van der Waals surface area contributed by atoms with E-state index in [0.717, 1.165) is 0 Å². The van der Waals surface area contributed by atoms with Gasteiger partial charge in [-0.1, -0.05) is 42.5 Å². The maximum Gasteiger partial charge on any atom is 0.291 e. The second-order valence-electron chi connectivity index (χ2n) is 5.08. The summed E-state index contributed by atoms with van der Waals surface area (Å²) in [6.45, 7) is 0. The molecule has 0 saturated heterocycles. The molecule has 0 saturated carbocycles. The number of benzene rings is 2. The molecule has 22 heavy (non-hydrogen) atoms. The molecule has 0 atom stereocenters. The smallest absolute Gasteiger partial charge is 0.291 e. The van der Waals surface area contributed by atoms with E-state index in [0.29, 0.717) is 33.2 Å². The normalized spacial score (nSPS) is 14.1. The van der Waals surface area contributed by atoms with Crippen molar-refractivity contribution < 1.29 is 19.1 Å². The Balaban J connectivity index is 2.06.